The number of methoxy groups -OCH3 is 1. The van der Waals surface area contributed by atoms with Gasteiger partial charge < -0.3 is 4.74 Å². The SMILES string of the molecule is COc1ccc(S(=O)(=O)N[C@@H](CC(C)(C)C)c2cccnc2)cc1. The molecule has 1 aromatic heterocycles. The summed E-state index contributed by atoms with van der Waals surface area (Å²) in [4.78, 5) is 4.32. The lowest BCUT2D eigenvalue weighted by Crippen LogP contribution is -2.31. The fourth-order valence-electron chi connectivity index (χ4n) is 2.43. The molecule has 2 aromatic rings. The second-order valence-corrected chi connectivity index (χ2v) is 8.61. The third-order valence-corrected chi connectivity index (χ3v) is 5.06. The first-order valence-electron chi connectivity index (χ1n) is 7.77. The molecule has 1 N–H and O–H groups in total. The summed E-state index contributed by atoms with van der Waals surface area (Å²) in [5.74, 6) is 0.618. The Balaban J connectivity index is 2.30. The van der Waals surface area contributed by atoms with Crippen molar-refractivity contribution in [2.75, 3.05) is 7.11 Å². The molecule has 0 bridgehead atoms. The molecule has 0 aliphatic rings. The first-order valence-corrected chi connectivity index (χ1v) is 9.26. The summed E-state index contributed by atoms with van der Waals surface area (Å²) in [6.45, 7) is 6.24. The van der Waals surface area contributed by atoms with Gasteiger partial charge in [-0.25, -0.2) is 13.1 Å². The van der Waals surface area contributed by atoms with Crippen LogP contribution in [0.4, 0.5) is 0 Å². The van der Waals surface area contributed by atoms with Crippen molar-refractivity contribution in [1.82, 2.24) is 9.71 Å². The topological polar surface area (TPSA) is 68.3 Å². The maximum absolute atomic E-state index is 12.7. The smallest absolute Gasteiger partial charge is 0.241 e. The van der Waals surface area contributed by atoms with Crippen LogP contribution in [0.5, 0.6) is 5.75 Å². The van der Waals surface area contributed by atoms with Crippen LogP contribution in [0.1, 0.15) is 38.8 Å². The summed E-state index contributed by atoms with van der Waals surface area (Å²) in [5.41, 5.74) is 0.813. The van der Waals surface area contributed by atoms with Crippen molar-refractivity contribution in [3.05, 3.63) is 54.4 Å². The number of aromatic nitrogens is 1. The highest BCUT2D eigenvalue weighted by Crippen LogP contribution is 2.30. The van der Waals surface area contributed by atoms with Gasteiger partial charge in [0.25, 0.3) is 0 Å². The van der Waals surface area contributed by atoms with Gasteiger partial charge in [-0.3, -0.25) is 4.98 Å². The number of nitrogens with one attached hydrogen (secondary N) is 1. The molecule has 6 heteroatoms. The molecule has 0 saturated carbocycles. The quantitative estimate of drug-likeness (QED) is 0.867. The monoisotopic (exact) mass is 348 g/mol. The Bertz CT molecular complexity index is 751. The van der Waals surface area contributed by atoms with Crippen molar-refractivity contribution in [2.45, 2.75) is 38.1 Å². The maximum Gasteiger partial charge on any atom is 0.241 e. The van der Waals surface area contributed by atoms with E-state index in [-0.39, 0.29) is 16.4 Å². The molecule has 1 heterocycles. The summed E-state index contributed by atoms with van der Waals surface area (Å²) in [6, 6.07) is 9.71. The number of ether oxygens (including phenoxy) is 1. The molecule has 0 radical (unpaired) electrons. The zero-order chi connectivity index (χ0) is 17.8. The number of pyridine rings is 1. The number of sulfonamides is 1. The van der Waals surface area contributed by atoms with E-state index in [4.69, 9.17) is 4.74 Å². The standard InChI is InChI=1S/C18H24N2O3S/c1-18(2,3)12-17(14-6-5-11-19-13-14)20-24(21,22)16-9-7-15(23-4)8-10-16/h5-11,13,17,20H,12H2,1-4H3/t17-/m0/s1. The van der Waals surface area contributed by atoms with Crippen LogP contribution in [0.15, 0.2) is 53.7 Å². The Morgan fingerprint density at radius 1 is 1.17 bits per heavy atom. The molecular formula is C18H24N2O3S. The Morgan fingerprint density at radius 3 is 2.33 bits per heavy atom. The van der Waals surface area contributed by atoms with E-state index in [2.05, 4.69) is 30.5 Å². The molecule has 5 nitrogen and oxygen atoms in total. The molecule has 0 amide bonds. The first-order chi connectivity index (χ1) is 11.2. The van der Waals surface area contributed by atoms with E-state index in [1.165, 1.54) is 0 Å². The second-order valence-electron chi connectivity index (χ2n) is 6.90. The van der Waals surface area contributed by atoms with Gasteiger partial charge in [-0.15, -0.1) is 0 Å². The molecule has 0 saturated heterocycles. The lowest BCUT2D eigenvalue weighted by atomic mass is 9.86. The van der Waals surface area contributed by atoms with Crippen molar-refractivity contribution >= 4 is 10.0 Å². The largest absolute Gasteiger partial charge is 0.497 e. The minimum Gasteiger partial charge on any atom is -0.497 e. The number of benzene rings is 1. The summed E-state index contributed by atoms with van der Waals surface area (Å²) in [6.07, 6.45) is 4.04. The van der Waals surface area contributed by atoms with Gasteiger partial charge in [-0.1, -0.05) is 26.8 Å². The fraction of sp³-hybridized carbons (Fsp3) is 0.389. The third kappa shape index (κ3) is 5.04. The number of rotatable bonds is 6. The van der Waals surface area contributed by atoms with Crippen molar-refractivity contribution in [3.8, 4) is 5.75 Å². The molecule has 0 aliphatic heterocycles. The third-order valence-electron chi connectivity index (χ3n) is 3.57. The minimum atomic E-state index is -3.64. The van der Waals surface area contributed by atoms with Crippen LogP contribution < -0.4 is 9.46 Å². The molecule has 1 atom stereocenters. The number of hydrogen-bond acceptors (Lipinski definition) is 4. The van der Waals surface area contributed by atoms with E-state index < -0.39 is 10.0 Å². The Morgan fingerprint density at radius 2 is 1.83 bits per heavy atom. The van der Waals surface area contributed by atoms with Gasteiger partial charge >= 0.3 is 0 Å². The van der Waals surface area contributed by atoms with Crippen LogP contribution in [0.25, 0.3) is 0 Å². The van der Waals surface area contributed by atoms with Crippen LogP contribution in [0.2, 0.25) is 0 Å². The van der Waals surface area contributed by atoms with Gasteiger partial charge in [0.15, 0.2) is 0 Å². The summed E-state index contributed by atoms with van der Waals surface area (Å²) in [5, 5.41) is 0. The molecule has 24 heavy (non-hydrogen) atoms. The van der Waals surface area contributed by atoms with E-state index in [9.17, 15) is 8.42 Å². The van der Waals surface area contributed by atoms with Gasteiger partial charge in [-0.2, -0.15) is 0 Å². The summed E-state index contributed by atoms with van der Waals surface area (Å²) < 4.78 is 33.3. The Kier molecular flexibility index (Phi) is 5.62. The van der Waals surface area contributed by atoms with Crippen LogP contribution in [0.3, 0.4) is 0 Å². The van der Waals surface area contributed by atoms with Gasteiger partial charge in [0.05, 0.1) is 12.0 Å². The van der Waals surface area contributed by atoms with E-state index in [1.54, 1.807) is 43.8 Å². The van der Waals surface area contributed by atoms with Gasteiger partial charge in [-0.05, 0) is 47.7 Å². The predicted molar refractivity (Wildman–Crippen MR) is 94.4 cm³/mol. The van der Waals surface area contributed by atoms with Crippen molar-refractivity contribution < 1.29 is 13.2 Å². The first kappa shape index (κ1) is 18.4. The van der Waals surface area contributed by atoms with Gasteiger partial charge in [0.2, 0.25) is 10.0 Å². The summed E-state index contributed by atoms with van der Waals surface area (Å²) >= 11 is 0. The fourth-order valence-corrected chi connectivity index (χ4v) is 3.66. The molecular weight excluding hydrogens is 324 g/mol. The average Bonchev–Trinajstić information content (AvgIpc) is 2.53. The normalized spacial score (nSPS) is 13.5. The molecule has 2 rings (SSSR count). The van der Waals surface area contributed by atoms with Gasteiger partial charge in [0, 0.05) is 18.4 Å². The van der Waals surface area contributed by atoms with Gasteiger partial charge in [0.1, 0.15) is 5.75 Å². The lowest BCUT2D eigenvalue weighted by molar-refractivity contribution is 0.330. The summed E-state index contributed by atoms with van der Waals surface area (Å²) in [7, 11) is -2.09. The van der Waals surface area contributed by atoms with Crippen molar-refractivity contribution in [1.29, 1.82) is 0 Å². The van der Waals surface area contributed by atoms with E-state index >= 15 is 0 Å². The highest BCUT2D eigenvalue weighted by Gasteiger charge is 2.26. The molecule has 0 unspecified atom stereocenters. The Hall–Kier alpha value is -1.92. The molecule has 0 fully saturated rings. The molecule has 1 aromatic carbocycles. The highest BCUT2D eigenvalue weighted by atomic mass is 32.2. The van der Waals surface area contributed by atoms with Crippen LogP contribution >= 0.6 is 0 Å². The maximum atomic E-state index is 12.7. The number of hydrogen-bond donors (Lipinski definition) is 1. The van der Waals surface area contributed by atoms with E-state index in [0.717, 1.165) is 5.56 Å². The second kappa shape index (κ2) is 7.32. The zero-order valence-electron chi connectivity index (χ0n) is 14.5. The molecule has 130 valence electrons. The van der Waals surface area contributed by atoms with Crippen molar-refractivity contribution in [2.24, 2.45) is 5.41 Å². The zero-order valence-corrected chi connectivity index (χ0v) is 15.3. The lowest BCUT2D eigenvalue weighted by Gasteiger charge is -2.27. The molecule has 0 aliphatic carbocycles. The minimum absolute atomic E-state index is 0.0388. The predicted octanol–water partition coefficient (Wildman–Crippen LogP) is 3.55. The molecule has 0 spiro atoms. The van der Waals surface area contributed by atoms with Crippen molar-refractivity contribution in [3.63, 3.8) is 0 Å². The Labute approximate surface area is 144 Å². The average molecular weight is 348 g/mol. The van der Waals surface area contributed by atoms with Crippen LogP contribution in [-0.4, -0.2) is 20.5 Å². The van der Waals surface area contributed by atoms with E-state index in [0.29, 0.717) is 12.2 Å². The van der Waals surface area contributed by atoms with E-state index in [1.807, 2.05) is 12.1 Å². The highest BCUT2D eigenvalue weighted by molar-refractivity contribution is 7.89. The number of nitrogens with zero attached hydrogens (tertiary/aromatic N) is 1. The van der Waals surface area contributed by atoms with Crippen LogP contribution in [-0.2, 0) is 10.0 Å². The van der Waals surface area contributed by atoms with Crippen LogP contribution in [0, 0.1) is 5.41 Å².